The standard InChI is InChI=1S/C14H26N2O3/c1-9-5-4-6-10(15)13(9)14(17)16-7-11(18-2)12(8-16)19-3/h9-13H,4-8,15H2,1-3H3. The first kappa shape index (κ1) is 14.8. The Balaban J connectivity index is 2.03. The summed E-state index contributed by atoms with van der Waals surface area (Å²) in [5, 5.41) is 0. The number of methoxy groups -OCH3 is 2. The van der Waals surface area contributed by atoms with Gasteiger partial charge in [-0.05, 0) is 18.8 Å². The molecular formula is C14H26N2O3. The maximum Gasteiger partial charge on any atom is 0.227 e. The number of carbonyl (C=O) groups is 1. The van der Waals surface area contributed by atoms with Crippen LogP contribution in [0, 0.1) is 11.8 Å². The third kappa shape index (κ3) is 2.93. The fourth-order valence-electron chi connectivity index (χ4n) is 3.47. The van der Waals surface area contributed by atoms with Crippen LogP contribution in [0.25, 0.3) is 0 Å². The number of hydrogen-bond donors (Lipinski definition) is 1. The van der Waals surface area contributed by atoms with E-state index in [1.54, 1.807) is 14.2 Å². The van der Waals surface area contributed by atoms with Gasteiger partial charge in [0, 0.05) is 33.4 Å². The first-order valence-electron chi connectivity index (χ1n) is 7.18. The molecule has 2 aliphatic rings. The highest BCUT2D eigenvalue weighted by Gasteiger charge is 2.42. The monoisotopic (exact) mass is 270 g/mol. The van der Waals surface area contributed by atoms with Gasteiger partial charge in [-0.25, -0.2) is 0 Å². The molecule has 2 N–H and O–H groups in total. The molecule has 5 heteroatoms. The average Bonchev–Trinajstić information content (AvgIpc) is 2.81. The van der Waals surface area contributed by atoms with Gasteiger partial charge >= 0.3 is 0 Å². The molecule has 0 aromatic carbocycles. The Morgan fingerprint density at radius 3 is 2.21 bits per heavy atom. The molecule has 1 saturated carbocycles. The highest BCUT2D eigenvalue weighted by molar-refractivity contribution is 5.80. The summed E-state index contributed by atoms with van der Waals surface area (Å²) in [7, 11) is 3.33. The second-order valence-electron chi connectivity index (χ2n) is 5.89. The van der Waals surface area contributed by atoms with E-state index in [4.69, 9.17) is 15.2 Å². The lowest BCUT2D eigenvalue weighted by atomic mass is 9.76. The third-order valence-corrected chi connectivity index (χ3v) is 4.69. The molecule has 0 radical (unpaired) electrons. The lowest BCUT2D eigenvalue weighted by molar-refractivity contribution is -0.138. The van der Waals surface area contributed by atoms with Gasteiger partial charge in [-0.1, -0.05) is 13.3 Å². The van der Waals surface area contributed by atoms with Gasteiger partial charge < -0.3 is 20.1 Å². The molecule has 0 aromatic rings. The van der Waals surface area contributed by atoms with E-state index in [1.165, 1.54) is 0 Å². The number of rotatable bonds is 3. The molecule has 5 nitrogen and oxygen atoms in total. The Labute approximate surface area is 115 Å². The minimum absolute atomic E-state index is 0.00107. The Bertz CT molecular complexity index is 302. The molecule has 0 aromatic heterocycles. The van der Waals surface area contributed by atoms with Gasteiger partial charge in [-0.3, -0.25) is 4.79 Å². The van der Waals surface area contributed by atoms with Crippen molar-refractivity contribution in [3.05, 3.63) is 0 Å². The molecule has 5 atom stereocenters. The maximum absolute atomic E-state index is 12.7. The number of ether oxygens (including phenoxy) is 2. The number of carbonyl (C=O) groups excluding carboxylic acids is 1. The van der Waals surface area contributed by atoms with Gasteiger partial charge in [-0.15, -0.1) is 0 Å². The van der Waals surface area contributed by atoms with Crippen LogP contribution in [0.3, 0.4) is 0 Å². The Hall–Kier alpha value is -0.650. The second-order valence-corrected chi connectivity index (χ2v) is 5.89. The molecule has 1 heterocycles. The van der Waals surface area contributed by atoms with Crippen molar-refractivity contribution in [2.45, 2.75) is 44.4 Å². The minimum atomic E-state index is -0.0399. The predicted octanol–water partition coefficient (Wildman–Crippen LogP) is 0.622. The quantitative estimate of drug-likeness (QED) is 0.816. The summed E-state index contributed by atoms with van der Waals surface area (Å²) in [6.07, 6.45) is 3.14. The van der Waals surface area contributed by atoms with Crippen LogP contribution in [-0.2, 0) is 14.3 Å². The molecule has 2 fully saturated rings. The van der Waals surface area contributed by atoms with Crippen LogP contribution < -0.4 is 5.73 Å². The zero-order chi connectivity index (χ0) is 14.0. The number of likely N-dealkylation sites (tertiary alicyclic amines) is 1. The van der Waals surface area contributed by atoms with E-state index >= 15 is 0 Å². The summed E-state index contributed by atoms with van der Waals surface area (Å²) in [5.41, 5.74) is 6.16. The largest absolute Gasteiger partial charge is 0.377 e. The lowest BCUT2D eigenvalue weighted by Crippen LogP contribution is -2.48. The van der Waals surface area contributed by atoms with Crippen LogP contribution in [0.15, 0.2) is 0 Å². The summed E-state index contributed by atoms with van der Waals surface area (Å²) in [5.74, 6) is 0.516. The van der Waals surface area contributed by atoms with E-state index in [9.17, 15) is 4.79 Å². The summed E-state index contributed by atoms with van der Waals surface area (Å²) in [6, 6.07) is -0.00107. The van der Waals surface area contributed by atoms with Crippen molar-refractivity contribution in [3.8, 4) is 0 Å². The van der Waals surface area contributed by atoms with Crippen LogP contribution >= 0.6 is 0 Å². The Kier molecular flexibility index (Phi) is 4.81. The zero-order valence-corrected chi connectivity index (χ0v) is 12.2. The van der Waals surface area contributed by atoms with E-state index < -0.39 is 0 Å². The summed E-state index contributed by atoms with van der Waals surface area (Å²) in [6.45, 7) is 3.37. The third-order valence-electron chi connectivity index (χ3n) is 4.69. The highest BCUT2D eigenvalue weighted by atomic mass is 16.5. The first-order chi connectivity index (χ1) is 9.08. The topological polar surface area (TPSA) is 64.8 Å². The molecule has 1 aliphatic heterocycles. The van der Waals surface area contributed by atoms with Crippen molar-refractivity contribution >= 4 is 5.91 Å². The van der Waals surface area contributed by atoms with Crippen molar-refractivity contribution in [2.24, 2.45) is 17.6 Å². The molecule has 1 amide bonds. The van der Waals surface area contributed by atoms with Crippen molar-refractivity contribution in [2.75, 3.05) is 27.3 Å². The SMILES string of the molecule is COC1CN(C(=O)C2C(C)CCCC2N)CC1OC. The number of nitrogens with zero attached hydrogens (tertiary/aromatic N) is 1. The van der Waals surface area contributed by atoms with Crippen LogP contribution in [0.2, 0.25) is 0 Å². The fourth-order valence-corrected chi connectivity index (χ4v) is 3.47. The molecule has 1 aliphatic carbocycles. The summed E-state index contributed by atoms with van der Waals surface area (Å²) >= 11 is 0. The van der Waals surface area contributed by atoms with E-state index in [0.29, 0.717) is 19.0 Å². The number of nitrogens with two attached hydrogens (primary N) is 1. The lowest BCUT2D eigenvalue weighted by Gasteiger charge is -2.35. The maximum atomic E-state index is 12.7. The first-order valence-corrected chi connectivity index (χ1v) is 7.18. The van der Waals surface area contributed by atoms with Crippen LogP contribution in [0.4, 0.5) is 0 Å². The van der Waals surface area contributed by atoms with Gasteiger partial charge in [0.25, 0.3) is 0 Å². The fraction of sp³-hybridized carbons (Fsp3) is 0.929. The number of amides is 1. The molecule has 110 valence electrons. The average molecular weight is 270 g/mol. The van der Waals surface area contributed by atoms with Crippen molar-refractivity contribution in [1.29, 1.82) is 0 Å². The van der Waals surface area contributed by atoms with Gasteiger partial charge in [0.1, 0.15) is 12.2 Å². The molecular weight excluding hydrogens is 244 g/mol. The molecule has 0 spiro atoms. The molecule has 2 rings (SSSR count). The van der Waals surface area contributed by atoms with Crippen molar-refractivity contribution in [3.63, 3.8) is 0 Å². The van der Waals surface area contributed by atoms with Crippen molar-refractivity contribution < 1.29 is 14.3 Å². The van der Waals surface area contributed by atoms with Gasteiger partial charge in [-0.2, -0.15) is 0 Å². The zero-order valence-electron chi connectivity index (χ0n) is 12.2. The molecule has 5 unspecified atom stereocenters. The van der Waals surface area contributed by atoms with Gasteiger partial charge in [0.05, 0.1) is 5.92 Å². The second kappa shape index (κ2) is 6.20. The van der Waals surface area contributed by atoms with Crippen LogP contribution in [0.5, 0.6) is 0 Å². The van der Waals surface area contributed by atoms with Crippen LogP contribution in [-0.4, -0.2) is 56.4 Å². The van der Waals surface area contributed by atoms with E-state index in [2.05, 4.69) is 6.92 Å². The predicted molar refractivity (Wildman–Crippen MR) is 72.7 cm³/mol. The van der Waals surface area contributed by atoms with Crippen molar-refractivity contribution in [1.82, 2.24) is 4.90 Å². The smallest absolute Gasteiger partial charge is 0.227 e. The normalized spacial score (nSPS) is 39.6. The number of hydrogen-bond acceptors (Lipinski definition) is 4. The minimum Gasteiger partial charge on any atom is -0.377 e. The van der Waals surface area contributed by atoms with E-state index in [0.717, 1.165) is 19.3 Å². The molecule has 1 saturated heterocycles. The van der Waals surface area contributed by atoms with Crippen LogP contribution in [0.1, 0.15) is 26.2 Å². The van der Waals surface area contributed by atoms with Gasteiger partial charge in [0.15, 0.2) is 0 Å². The van der Waals surface area contributed by atoms with Gasteiger partial charge in [0.2, 0.25) is 5.91 Å². The molecule has 19 heavy (non-hydrogen) atoms. The summed E-state index contributed by atoms with van der Waals surface area (Å²) in [4.78, 5) is 14.5. The van der Waals surface area contributed by atoms with E-state index in [-0.39, 0.29) is 30.1 Å². The van der Waals surface area contributed by atoms with E-state index in [1.807, 2.05) is 4.90 Å². The highest BCUT2D eigenvalue weighted by Crippen LogP contribution is 2.31. The summed E-state index contributed by atoms with van der Waals surface area (Å²) < 4.78 is 10.8. The Morgan fingerprint density at radius 2 is 1.74 bits per heavy atom. The Morgan fingerprint density at radius 1 is 1.16 bits per heavy atom. The molecule has 0 bridgehead atoms.